The van der Waals surface area contributed by atoms with Crippen LogP contribution in [0.25, 0.3) is 0 Å². The first kappa shape index (κ1) is 10.3. The van der Waals surface area contributed by atoms with Crippen molar-refractivity contribution in [3.05, 3.63) is 0 Å². The van der Waals surface area contributed by atoms with Gasteiger partial charge in [-0.15, -0.1) is 0 Å². The summed E-state index contributed by atoms with van der Waals surface area (Å²) in [5.41, 5.74) is 10.4. The topological polar surface area (TPSA) is 89.3 Å². The van der Waals surface area contributed by atoms with Gasteiger partial charge in [-0.1, -0.05) is 12.2 Å². The standard InChI is InChI=1S/C6H12N2O2S/c7-4(6(9)10)2-1-3-5(8)11/h4H,1-3,7H2,(H2,8,11)(H,9,10)/t4-/m0/s1. The van der Waals surface area contributed by atoms with Crippen molar-refractivity contribution in [3.63, 3.8) is 0 Å². The van der Waals surface area contributed by atoms with Gasteiger partial charge in [-0.2, -0.15) is 0 Å². The average Bonchev–Trinajstić information content (AvgIpc) is 1.86. The van der Waals surface area contributed by atoms with E-state index in [1.54, 1.807) is 0 Å². The first-order valence-electron chi connectivity index (χ1n) is 3.30. The maximum absolute atomic E-state index is 10.2. The minimum atomic E-state index is -0.979. The maximum atomic E-state index is 10.2. The van der Waals surface area contributed by atoms with Crippen LogP contribution in [0.5, 0.6) is 0 Å². The summed E-state index contributed by atoms with van der Waals surface area (Å²) < 4.78 is 0. The molecule has 0 heterocycles. The normalized spacial score (nSPS) is 12.5. The van der Waals surface area contributed by atoms with Crippen molar-refractivity contribution < 1.29 is 9.90 Å². The smallest absolute Gasteiger partial charge is 0.320 e. The molecule has 0 spiro atoms. The molecule has 5 N–H and O–H groups in total. The summed E-state index contributed by atoms with van der Waals surface area (Å²) in [6.07, 6.45) is 1.63. The van der Waals surface area contributed by atoms with E-state index < -0.39 is 12.0 Å². The molecule has 0 fully saturated rings. The van der Waals surface area contributed by atoms with E-state index in [0.717, 1.165) is 0 Å². The summed E-state index contributed by atoms with van der Waals surface area (Å²) in [6, 6.07) is -0.788. The van der Waals surface area contributed by atoms with E-state index in [4.69, 9.17) is 16.6 Å². The Morgan fingerprint density at radius 1 is 1.64 bits per heavy atom. The number of hydrogen-bond donors (Lipinski definition) is 3. The molecule has 64 valence electrons. The van der Waals surface area contributed by atoms with Crippen molar-refractivity contribution in [1.29, 1.82) is 0 Å². The van der Waals surface area contributed by atoms with Crippen molar-refractivity contribution >= 4 is 23.2 Å². The van der Waals surface area contributed by atoms with Crippen LogP contribution in [0.15, 0.2) is 0 Å². The van der Waals surface area contributed by atoms with Gasteiger partial charge in [-0.05, 0) is 19.3 Å². The quantitative estimate of drug-likeness (QED) is 0.507. The molecule has 0 radical (unpaired) electrons. The zero-order chi connectivity index (χ0) is 8.85. The summed E-state index contributed by atoms with van der Waals surface area (Å²) in [6.45, 7) is 0. The maximum Gasteiger partial charge on any atom is 0.320 e. The highest BCUT2D eigenvalue weighted by molar-refractivity contribution is 7.80. The molecule has 0 saturated heterocycles. The number of thiocarbonyl (C=S) groups is 1. The Balaban J connectivity index is 3.39. The van der Waals surface area contributed by atoms with E-state index in [-0.39, 0.29) is 0 Å². The Kier molecular flexibility index (Phi) is 4.72. The van der Waals surface area contributed by atoms with E-state index in [1.165, 1.54) is 0 Å². The molecule has 0 aliphatic heterocycles. The van der Waals surface area contributed by atoms with Crippen LogP contribution in [0.4, 0.5) is 0 Å². The number of nitrogens with two attached hydrogens (primary N) is 2. The minimum Gasteiger partial charge on any atom is -0.480 e. The number of hydrogen-bond acceptors (Lipinski definition) is 3. The summed E-state index contributed by atoms with van der Waals surface area (Å²) >= 11 is 4.60. The number of carboxylic acids is 1. The zero-order valence-corrected chi connectivity index (χ0v) is 6.93. The van der Waals surface area contributed by atoms with Crippen molar-refractivity contribution in [2.75, 3.05) is 0 Å². The van der Waals surface area contributed by atoms with E-state index in [1.807, 2.05) is 0 Å². The van der Waals surface area contributed by atoms with Crippen molar-refractivity contribution in [2.24, 2.45) is 11.5 Å². The predicted octanol–water partition coefficient (Wildman–Crippen LogP) is -0.145. The van der Waals surface area contributed by atoms with Gasteiger partial charge in [0.15, 0.2) is 0 Å². The molecule has 0 aliphatic rings. The Morgan fingerprint density at radius 3 is 2.55 bits per heavy atom. The van der Waals surface area contributed by atoms with Gasteiger partial charge in [0.2, 0.25) is 0 Å². The Morgan fingerprint density at radius 2 is 2.18 bits per heavy atom. The molecule has 1 atom stereocenters. The van der Waals surface area contributed by atoms with Crippen LogP contribution in [0.1, 0.15) is 19.3 Å². The van der Waals surface area contributed by atoms with Crippen molar-refractivity contribution in [1.82, 2.24) is 0 Å². The second-order valence-corrected chi connectivity index (χ2v) is 2.83. The van der Waals surface area contributed by atoms with Crippen LogP contribution in [0.2, 0.25) is 0 Å². The lowest BCUT2D eigenvalue weighted by molar-refractivity contribution is -0.138. The highest BCUT2D eigenvalue weighted by atomic mass is 32.1. The van der Waals surface area contributed by atoms with E-state index in [2.05, 4.69) is 12.2 Å². The number of rotatable bonds is 5. The third kappa shape index (κ3) is 5.75. The fraction of sp³-hybridized carbons (Fsp3) is 0.667. The minimum absolute atomic E-state index is 0.405. The third-order valence-corrected chi connectivity index (χ3v) is 1.46. The summed E-state index contributed by atoms with van der Waals surface area (Å²) in [5, 5.41) is 8.36. The van der Waals surface area contributed by atoms with Gasteiger partial charge in [0.05, 0.1) is 4.99 Å². The fourth-order valence-electron chi connectivity index (χ4n) is 0.620. The Bertz CT molecular complexity index is 161. The van der Waals surface area contributed by atoms with Crippen molar-refractivity contribution in [3.8, 4) is 0 Å². The number of carboxylic acid groups (broad SMARTS) is 1. The van der Waals surface area contributed by atoms with Gasteiger partial charge in [-0.25, -0.2) is 0 Å². The fourth-order valence-corrected chi connectivity index (χ4v) is 0.764. The van der Waals surface area contributed by atoms with Crippen LogP contribution in [0.3, 0.4) is 0 Å². The monoisotopic (exact) mass is 176 g/mol. The lowest BCUT2D eigenvalue weighted by Gasteiger charge is -2.04. The molecule has 0 unspecified atom stereocenters. The third-order valence-electron chi connectivity index (χ3n) is 1.26. The molecule has 0 aromatic rings. The lowest BCUT2D eigenvalue weighted by atomic mass is 10.1. The van der Waals surface area contributed by atoms with Gasteiger partial charge < -0.3 is 16.6 Å². The molecule has 0 saturated carbocycles. The van der Waals surface area contributed by atoms with Crippen molar-refractivity contribution in [2.45, 2.75) is 25.3 Å². The molecule has 0 amide bonds. The molecule has 5 heteroatoms. The van der Waals surface area contributed by atoms with E-state index in [9.17, 15) is 4.79 Å². The first-order chi connectivity index (χ1) is 5.04. The molecule has 0 aromatic carbocycles. The molecule has 11 heavy (non-hydrogen) atoms. The van der Waals surface area contributed by atoms with Crippen LogP contribution in [0, 0.1) is 0 Å². The van der Waals surface area contributed by atoms with Gasteiger partial charge >= 0.3 is 5.97 Å². The summed E-state index contributed by atoms with van der Waals surface area (Å²) in [5.74, 6) is -0.979. The largest absolute Gasteiger partial charge is 0.480 e. The molecule has 0 bridgehead atoms. The van der Waals surface area contributed by atoms with E-state index in [0.29, 0.717) is 24.3 Å². The summed E-state index contributed by atoms with van der Waals surface area (Å²) in [4.78, 5) is 10.6. The first-order valence-corrected chi connectivity index (χ1v) is 3.71. The number of aliphatic carboxylic acids is 1. The zero-order valence-electron chi connectivity index (χ0n) is 6.12. The second kappa shape index (κ2) is 5.03. The van der Waals surface area contributed by atoms with Crippen LogP contribution < -0.4 is 11.5 Å². The second-order valence-electron chi connectivity index (χ2n) is 2.30. The molecule has 4 nitrogen and oxygen atoms in total. The Labute approximate surface area is 70.6 Å². The highest BCUT2D eigenvalue weighted by Gasteiger charge is 2.09. The summed E-state index contributed by atoms with van der Waals surface area (Å²) in [7, 11) is 0. The van der Waals surface area contributed by atoms with Gasteiger partial charge in [0.25, 0.3) is 0 Å². The van der Waals surface area contributed by atoms with E-state index >= 15 is 0 Å². The average molecular weight is 176 g/mol. The SMILES string of the molecule is NC(=S)CCC[C@H](N)C(=O)O. The van der Waals surface area contributed by atoms with Gasteiger partial charge in [0.1, 0.15) is 6.04 Å². The molecular formula is C6H12N2O2S. The molecule has 0 rings (SSSR count). The lowest BCUT2D eigenvalue weighted by Crippen LogP contribution is -2.30. The Hall–Kier alpha value is -0.680. The number of carbonyl (C=O) groups is 1. The van der Waals surface area contributed by atoms with Crippen LogP contribution in [-0.2, 0) is 4.79 Å². The molecular weight excluding hydrogens is 164 g/mol. The molecule has 0 aromatic heterocycles. The van der Waals surface area contributed by atoms with Crippen LogP contribution >= 0.6 is 12.2 Å². The van der Waals surface area contributed by atoms with Crippen LogP contribution in [-0.4, -0.2) is 22.1 Å². The highest BCUT2D eigenvalue weighted by Crippen LogP contribution is 1.98. The van der Waals surface area contributed by atoms with Gasteiger partial charge in [-0.3, -0.25) is 4.79 Å². The molecule has 0 aliphatic carbocycles. The predicted molar refractivity (Wildman–Crippen MR) is 46.2 cm³/mol. The van der Waals surface area contributed by atoms with Gasteiger partial charge in [0, 0.05) is 0 Å².